The number of hydrogen-bond acceptors (Lipinski definition) is 5. The number of anilines is 2. The maximum absolute atomic E-state index is 9.91. The van der Waals surface area contributed by atoms with Gasteiger partial charge in [-0.05, 0) is 40.9 Å². The SMILES string of the molecule is Cc1ccnc(NCC(O)c2ccsc2)c1N. The lowest BCUT2D eigenvalue weighted by Gasteiger charge is -2.13. The Bertz CT molecular complexity index is 485. The third kappa shape index (κ3) is 2.75. The molecule has 0 saturated carbocycles. The van der Waals surface area contributed by atoms with Gasteiger partial charge in [0.05, 0.1) is 11.8 Å². The van der Waals surface area contributed by atoms with E-state index in [0.717, 1.165) is 11.1 Å². The Morgan fingerprint density at radius 2 is 2.35 bits per heavy atom. The smallest absolute Gasteiger partial charge is 0.149 e. The first-order valence-electron chi connectivity index (χ1n) is 5.33. The molecule has 0 radical (unpaired) electrons. The molecular weight excluding hydrogens is 234 g/mol. The fraction of sp³-hybridized carbons (Fsp3) is 0.250. The summed E-state index contributed by atoms with van der Waals surface area (Å²) in [4.78, 5) is 4.15. The second-order valence-corrected chi connectivity index (χ2v) is 4.62. The molecule has 17 heavy (non-hydrogen) atoms. The number of aromatic nitrogens is 1. The Morgan fingerprint density at radius 1 is 1.53 bits per heavy atom. The third-order valence-corrected chi connectivity index (χ3v) is 3.30. The minimum Gasteiger partial charge on any atom is -0.396 e. The van der Waals surface area contributed by atoms with E-state index in [9.17, 15) is 5.11 Å². The Balaban J connectivity index is 2.00. The van der Waals surface area contributed by atoms with Gasteiger partial charge in [-0.25, -0.2) is 4.98 Å². The first-order valence-corrected chi connectivity index (χ1v) is 6.28. The van der Waals surface area contributed by atoms with Crippen LogP contribution in [0, 0.1) is 6.92 Å². The number of aliphatic hydroxyl groups is 1. The fourth-order valence-corrected chi connectivity index (χ4v) is 2.19. The predicted octanol–water partition coefficient (Wildman–Crippen LogP) is 2.18. The van der Waals surface area contributed by atoms with Crippen molar-refractivity contribution >= 4 is 22.8 Å². The molecule has 0 aliphatic carbocycles. The molecule has 4 N–H and O–H groups in total. The summed E-state index contributed by atoms with van der Waals surface area (Å²) in [5.74, 6) is 0.624. The topological polar surface area (TPSA) is 71.2 Å². The maximum Gasteiger partial charge on any atom is 0.149 e. The average molecular weight is 249 g/mol. The Hall–Kier alpha value is -1.59. The van der Waals surface area contributed by atoms with Crippen LogP contribution in [0.4, 0.5) is 11.5 Å². The van der Waals surface area contributed by atoms with Crippen LogP contribution in [0.25, 0.3) is 0 Å². The van der Waals surface area contributed by atoms with Crippen molar-refractivity contribution in [1.82, 2.24) is 4.98 Å². The summed E-state index contributed by atoms with van der Waals surface area (Å²) in [5.41, 5.74) is 8.40. The summed E-state index contributed by atoms with van der Waals surface area (Å²) < 4.78 is 0. The summed E-state index contributed by atoms with van der Waals surface area (Å²) in [6, 6.07) is 3.76. The number of hydrogen-bond donors (Lipinski definition) is 3. The average Bonchev–Trinajstić information content (AvgIpc) is 2.84. The van der Waals surface area contributed by atoms with Gasteiger partial charge in [0.1, 0.15) is 5.82 Å². The quantitative estimate of drug-likeness (QED) is 0.776. The number of thiophene rings is 1. The van der Waals surface area contributed by atoms with Crippen molar-refractivity contribution in [3.05, 3.63) is 40.2 Å². The minimum atomic E-state index is -0.539. The number of aliphatic hydroxyl groups excluding tert-OH is 1. The second-order valence-electron chi connectivity index (χ2n) is 3.84. The molecule has 0 bridgehead atoms. The number of nitrogen functional groups attached to an aromatic ring is 1. The molecule has 0 aromatic carbocycles. The van der Waals surface area contributed by atoms with Crippen LogP contribution in [-0.2, 0) is 0 Å². The monoisotopic (exact) mass is 249 g/mol. The highest BCUT2D eigenvalue weighted by molar-refractivity contribution is 7.07. The van der Waals surface area contributed by atoms with Crippen molar-refractivity contribution in [1.29, 1.82) is 0 Å². The molecule has 2 rings (SSSR count). The van der Waals surface area contributed by atoms with Crippen LogP contribution in [0.15, 0.2) is 29.1 Å². The predicted molar refractivity (Wildman–Crippen MR) is 71.2 cm³/mol. The van der Waals surface area contributed by atoms with Gasteiger partial charge in [0.15, 0.2) is 0 Å². The molecular formula is C12H15N3OS. The van der Waals surface area contributed by atoms with Gasteiger partial charge >= 0.3 is 0 Å². The maximum atomic E-state index is 9.91. The van der Waals surface area contributed by atoms with Gasteiger partial charge in [0.2, 0.25) is 0 Å². The Labute approximate surface area is 104 Å². The number of aryl methyl sites for hydroxylation is 1. The van der Waals surface area contributed by atoms with Gasteiger partial charge in [-0.2, -0.15) is 11.3 Å². The summed E-state index contributed by atoms with van der Waals surface area (Å²) in [7, 11) is 0. The van der Waals surface area contributed by atoms with E-state index in [0.29, 0.717) is 18.1 Å². The molecule has 5 heteroatoms. The molecule has 0 aliphatic rings. The van der Waals surface area contributed by atoms with Gasteiger partial charge in [-0.1, -0.05) is 0 Å². The summed E-state index contributed by atoms with van der Waals surface area (Å²) in [6.45, 7) is 2.33. The zero-order valence-corrected chi connectivity index (χ0v) is 10.4. The normalized spacial score (nSPS) is 12.4. The number of rotatable bonds is 4. The highest BCUT2D eigenvalue weighted by atomic mass is 32.1. The summed E-state index contributed by atoms with van der Waals surface area (Å²) in [6.07, 6.45) is 1.16. The van der Waals surface area contributed by atoms with E-state index < -0.39 is 6.10 Å². The molecule has 1 atom stereocenters. The van der Waals surface area contributed by atoms with Gasteiger partial charge in [0, 0.05) is 12.7 Å². The van der Waals surface area contributed by atoms with E-state index in [1.54, 1.807) is 17.5 Å². The van der Waals surface area contributed by atoms with Crippen molar-refractivity contribution in [2.75, 3.05) is 17.6 Å². The van der Waals surface area contributed by atoms with E-state index in [1.165, 1.54) is 0 Å². The van der Waals surface area contributed by atoms with Gasteiger partial charge in [-0.3, -0.25) is 0 Å². The first kappa shape index (κ1) is 11.9. The van der Waals surface area contributed by atoms with Crippen LogP contribution >= 0.6 is 11.3 Å². The zero-order chi connectivity index (χ0) is 12.3. The zero-order valence-electron chi connectivity index (χ0n) is 9.55. The number of nitrogens with one attached hydrogen (secondary N) is 1. The highest BCUT2D eigenvalue weighted by Crippen LogP contribution is 2.21. The van der Waals surface area contributed by atoms with Crippen LogP contribution in [0.5, 0.6) is 0 Å². The Morgan fingerprint density at radius 3 is 3.06 bits per heavy atom. The summed E-state index contributed by atoms with van der Waals surface area (Å²) >= 11 is 1.57. The van der Waals surface area contributed by atoms with Crippen molar-refractivity contribution in [3.8, 4) is 0 Å². The number of nitrogens with two attached hydrogens (primary N) is 1. The lowest BCUT2D eigenvalue weighted by atomic mass is 10.2. The molecule has 1 unspecified atom stereocenters. The standard InChI is InChI=1S/C12H15N3OS/c1-8-2-4-14-12(11(8)13)15-6-10(16)9-3-5-17-7-9/h2-5,7,10,16H,6,13H2,1H3,(H,14,15). The molecule has 0 spiro atoms. The van der Waals surface area contributed by atoms with Gasteiger partial charge in [-0.15, -0.1) is 0 Å². The number of nitrogens with zero attached hydrogens (tertiary/aromatic N) is 1. The number of pyridine rings is 1. The third-order valence-electron chi connectivity index (χ3n) is 2.60. The van der Waals surface area contributed by atoms with Gasteiger partial charge in [0.25, 0.3) is 0 Å². The molecule has 0 amide bonds. The van der Waals surface area contributed by atoms with E-state index in [-0.39, 0.29) is 0 Å². The van der Waals surface area contributed by atoms with Crippen molar-refractivity contribution in [2.24, 2.45) is 0 Å². The molecule has 2 aromatic rings. The van der Waals surface area contributed by atoms with Crippen molar-refractivity contribution < 1.29 is 5.11 Å². The van der Waals surface area contributed by atoms with E-state index in [4.69, 9.17) is 5.73 Å². The van der Waals surface area contributed by atoms with Gasteiger partial charge < -0.3 is 16.2 Å². The van der Waals surface area contributed by atoms with Crippen LogP contribution in [0.3, 0.4) is 0 Å². The van der Waals surface area contributed by atoms with Crippen LogP contribution in [-0.4, -0.2) is 16.6 Å². The molecule has 90 valence electrons. The van der Waals surface area contributed by atoms with Crippen molar-refractivity contribution in [3.63, 3.8) is 0 Å². The van der Waals surface area contributed by atoms with Crippen LogP contribution in [0.1, 0.15) is 17.2 Å². The molecule has 0 saturated heterocycles. The summed E-state index contributed by atoms with van der Waals surface area (Å²) in [5, 5.41) is 16.8. The fourth-order valence-electron chi connectivity index (χ4n) is 1.49. The lowest BCUT2D eigenvalue weighted by Crippen LogP contribution is -2.13. The molecule has 4 nitrogen and oxygen atoms in total. The van der Waals surface area contributed by atoms with E-state index in [2.05, 4.69) is 10.3 Å². The largest absolute Gasteiger partial charge is 0.396 e. The molecule has 0 aliphatic heterocycles. The molecule has 2 heterocycles. The van der Waals surface area contributed by atoms with E-state index in [1.807, 2.05) is 29.8 Å². The van der Waals surface area contributed by atoms with Crippen molar-refractivity contribution in [2.45, 2.75) is 13.0 Å². The second kappa shape index (κ2) is 5.16. The minimum absolute atomic E-state index is 0.400. The van der Waals surface area contributed by atoms with Crippen LogP contribution < -0.4 is 11.1 Å². The highest BCUT2D eigenvalue weighted by Gasteiger charge is 2.09. The first-order chi connectivity index (χ1) is 8.18. The molecule has 0 fully saturated rings. The van der Waals surface area contributed by atoms with E-state index >= 15 is 0 Å². The van der Waals surface area contributed by atoms with Crippen LogP contribution in [0.2, 0.25) is 0 Å². The lowest BCUT2D eigenvalue weighted by molar-refractivity contribution is 0.192. The Kier molecular flexibility index (Phi) is 3.61. The molecule has 2 aromatic heterocycles.